The standard InChI is InChI=1S/C20H13BrClN3O2S/c1-10-15(22)3-2-4-17(10)25-19(27)14(18(26)24-20(25)28)7-11-9-23-16-6-5-12(21)8-13(11)16/h2-9,27H,1H3,(H,24,26,28)/b11-7+. The number of nitrogens with one attached hydrogen (secondary N) is 1. The zero-order chi connectivity index (χ0) is 20.0. The largest absolute Gasteiger partial charge is 0.494 e. The maximum Gasteiger partial charge on any atom is 0.262 e. The first-order valence-corrected chi connectivity index (χ1v) is 9.84. The number of aromatic nitrogens is 2. The Balaban J connectivity index is 1.95. The summed E-state index contributed by atoms with van der Waals surface area (Å²) in [5.74, 6) is -0.261. The second-order valence-electron chi connectivity index (χ2n) is 6.24. The van der Waals surface area contributed by atoms with Gasteiger partial charge in [0, 0.05) is 26.8 Å². The number of hydrogen-bond donors (Lipinski definition) is 2. The average Bonchev–Trinajstić information content (AvgIpc) is 3.04. The molecule has 0 aliphatic carbocycles. The Morgan fingerprint density at radius 1 is 1.32 bits per heavy atom. The molecule has 1 aromatic heterocycles. The van der Waals surface area contributed by atoms with Crippen LogP contribution in [0.15, 0.2) is 50.7 Å². The fourth-order valence-corrected chi connectivity index (χ4v) is 3.87. The lowest BCUT2D eigenvalue weighted by atomic mass is 10.1. The molecule has 0 unspecified atom stereocenters. The summed E-state index contributed by atoms with van der Waals surface area (Å²) in [6.07, 6.45) is 3.26. The minimum atomic E-state index is -0.484. The van der Waals surface area contributed by atoms with Crippen LogP contribution in [0.4, 0.5) is 5.69 Å². The van der Waals surface area contributed by atoms with Crippen LogP contribution in [0.2, 0.25) is 5.02 Å². The molecule has 0 bridgehead atoms. The van der Waals surface area contributed by atoms with E-state index in [4.69, 9.17) is 23.8 Å². The third-order valence-corrected chi connectivity index (χ3v) is 5.70. The molecule has 1 aliphatic rings. The molecule has 0 saturated heterocycles. The van der Waals surface area contributed by atoms with Crippen molar-refractivity contribution in [3.05, 3.63) is 77.7 Å². The number of benzene rings is 2. The van der Waals surface area contributed by atoms with E-state index in [0.29, 0.717) is 16.3 Å². The zero-order valence-electron chi connectivity index (χ0n) is 14.5. The van der Waals surface area contributed by atoms with Gasteiger partial charge >= 0.3 is 0 Å². The van der Waals surface area contributed by atoms with Gasteiger partial charge in [0.25, 0.3) is 5.56 Å². The van der Waals surface area contributed by atoms with Crippen LogP contribution >= 0.6 is 39.7 Å². The van der Waals surface area contributed by atoms with Gasteiger partial charge in [0.05, 0.1) is 11.4 Å². The number of rotatable bonds is 2. The van der Waals surface area contributed by atoms with Gasteiger partial charge in [0.1, 0.15) is 5.56 Å². The number of nitrogens with zero attached hydrogens (tertiary/aromatic N) is 2. The van der Waals surface area contributed by atoms with E-state index >= 15 is 0 Å². The summed E-state index contributed by atoms with van der Waals surface area (Å²) in [6, 6.07) is 11.0. The van der Waals surface area contributed by atoms with Crippen molar-refractivity contribution in [2.75, 3.05) is 0 Å². The second-order valence-corrected chi connectivity index (χ2v) is 7.94. The van der Waals surface area contributed by atoms with E-state index in [1.165, 1.54) is 4.57 Å². The van der Waals surface area contributed by atoms with E-state index in [0.717, 1.165) is 21.3 Å². The highest BCUT2D eigenvalue weighted by Crippen LogP contribution is 2.35. The molecule has 0 atom stereocenters. The van der Waals surface area contributed by atoms with Crippen LogP contribution in [0.5, 0.6) is 5.88 Å². The molecular formula is C20H13BrClN3O2S. The number of halogens is 2. The van der Waals surface area contributed by atoms with Gasteiger partial charge in [-0.2, -0.15) is 0 Å². The van der Waals surface area contributed by atoms with Crippen molar-refractivity contribution in [1.82, 2.24) is 9.55 Å². The van der Waals surface area contributed by atoms with E-state index in [1.807, 2.05) is 25.1 Å². The Kier molecular flexibility index (Phi) is 4.82. The zero-order valence-corrected chi connectivity index (χ0v) is 17.7. The summed E-state index contributed by atoms with van der Waals surface area (Å²) in [4.78, 5) is 19.5. The summed E-state index contributed by atoms with van der Waals surface area (Å²) >= 11 is 14.9. The molecule has 0 saturated carbocycles. The maximum atomic E-state index is 12.5. The molecule has 0 radical (unpaired) electrons. The lowest BCUT2D eigenvalue weighted by molar-refractivity contribution is 0.431. The number of aliphatic imine (C=N–C) groups is 1. The molecule has 2 aromatic carbocycles. The minimum Gasteiger partial charge on any atom is -0.494 e. The van der Waals surface area contributed by atoms with Crippen molar-refractivity contribution in [2.24, 2.45) is 4.99 Å². The Morgan fingerprint density at radius 3 is 2.89 bits per heavy atom. The monoisotopic (exact) mass is 473 g/mol. The fraction of sp³-hybridized carbons (Fsp3) is 0.0500. The Bertz CT molecular complexity index is 1310. The molecule has 2 N–H and O–H groups in total. The SMILES string of the molecule is Cc1c(Cl)cccc1-n1c(O)c(/C=C2\C=Nc3ccc(Br)cc32)c(=O)[nH]c1=S. The molecular weight excluding hydrogens is 462 g/mol. The van der Waals surface area contributed by atoms with E-state index in [9.17, 15) is 9.90 Å². The van der Waals surface area contributed by atoms with E-state index < -0.39 is 5.56 Å². The maximum absolute atomic E-state index is 12.5. The predicted molar refractivity (Wildman–Crippen MR) is 119 cm³/mol. The fourth-order valence-electron chi connectivity index (χ4n) is 3.06. The molecule has 0 spiro atoms. The topological polar surface area (TPSA) is 70.4 Å². The second kappa shape index (κ2) is 7.16. The van der Waals surface area contributed by atoms with Gasteiger partial charge in [-0.1, -0.05) is 33.6 Å². The van der Waals surface area contributed by atoms with Crippen molar-refractivity contribution in [3.8, 4) is 11.6 Å². The van der Waals surface area contributed by atoms with E-state index in [1.54, 1.807) is 30.5 Å². The lowest BCUT2D eigenvalue weighted by Gasteiger charge is -2.14. The lowest BCUT2D eigenvalue weighted by Crippen LogP contribution is -2.16. The smallest absolute Gasteiger partial charge is 0.262 e. The van der Waals surface area contributed by atoms with Crippen LogP contribution in [0, 0.1) is 11.7 Å². The summed E-state index contributed by atoms with van der Waals surface area (Å²) in [6.45, 7) is 1.82. The van der Waals surface area contributed by atoms with Crippen LogP contribution in [-0.2, 0) is 0 Å². The van der Waals surface area contributed by atoms with Gasteiger partial charge in [0.15, 0.2) is 4.77 Å². The van der Waals surface area contributed by atoms with Crippen molar-refractivity contribution in [2.45, 2.75) is 6.92 Å². The third kappa shape index (κ3) is 3.15. The summed E-state index contributed by atoms with van der Waals surface area (Å²) in [5.41, 5.74) is 3.30. The quantitative estimate of drug-likeness (QED) is 0.476. The number of H-pyrrole nitrogens is 1. The van der Waals surface area contributed by atoms with Crippen LogP contribution in [0.25, 0.3) is 17.3 Å². The number of aromatic amines is 1. The summed E-state index contributed by atoms with van der Waals surface area (Å²) in [5, 5.41) is 11.5. The molecule has 5 nitrogen and oxygen atoms in total. The van der Waals surface area contributed by atoms with Crippen molar-refractivity contribution >= 4 is 63.3 Å². The number of allylic oxidation sites excluding steroid dienone is 1. The number of aromatic hydroxyl groups is 1. The Morgan fingerprint density at radius 2 is 2.11 bits per heavy atom. The van der Waals surface area contributed by atoms with Gasteiger partial charge in [-0.15, -0.1) is 0 Å². The summed E-state index contributed by atoms with van der Waals surface area (Å²) in [7, 11) is 0. The highest BCUT2D eigenvalue weighted by Gasteiger charge is 2.18. The van der Waals surface area contributed by atoms with Crippen LogP contribution in [-0.4, -0.2) is 20.9 Å². The first-order valence-electron chi connectivity index (χ1n) is 8.26. The highest BCUT2D eigenvalue weighted by atomic mass is 79.9. The number of fused-ring (bicyclic) bond motifs is 1. The minimum absolute atomic E-state index is 0.0817. The van der Waals surface area contributed by atoms with E-state index in [2.05, 4.69) is 25.9 Å². The molecule has 8 heteroatoms. The third-order valence-electron chi connectivity index (χ3n) is 4.51. The van der Waals surface area contributed by atoms with Crippen molar-refractivity contribution < 1.29 is 5.11 Å². The van der Waals surface area contributed by atoms with Crippen LogP contribution in [0.3, 0.4) is 0 Å². The average molecular weight is 475 g/mol. The molecule has 28 heavy (non-hydrogen) atoms. The Labute approximate surface area is 178 Å². The molecule has 2 heterocycles. The molecule has 0 fully saturated rings. The normalized spacial score (nSPS) is 13.9. The van der Waals surface area contributed by atoms with Crippen molar-refractivity contribution in [1.29, 1.82) is 0 Å². The van der Waals surface area contributed by atoms with Crippen LogP contribution in [0.1, 0.15) is 16.7 Å². The Hall–Kier alpha value is -2.48. The molecule has 140 valence electrons. The summed E-state index contributed by atoms with van der Waals surface area (Å²) < 4.78 is 2.38. The highest BCUT2D eigenvalue weighted by molar-refractivity contribution is 9.10. The van der Waals surface area contributed by atoms with Gasteiger partial charge in [-0.05, 0) is 61.1 Å². The molecule has 0 amide bonds. The first kappa shape index (κ1) is 18.9. The van der Waals surface area contributed by atoms with E-state index in [-0.39, 0.29) is 16.2 Å². The molecule has 3 aromatic rings. The van der Waals surface area contributed by atoms with Crippen LogP contribution < -0.4 is 5.56 Å². The van der Waals surface area contributed by atoms with Crippen molar-refractivity contribution in [3.63, 3.8) is 0 Å². The first-order chi connectivity index (χ1) is 13.4. The predicted octanol–water partition coefficient (Wildman–Crippen LogP) is 5.58. The van der Waals surface area contributed by atoms with Gasteiger partial charge in [0.2, 0.25) is 5.88 Å². The van der Waals surface area contributed by atoms with Gasteiger partial charge < -0.3 is 5.11 Å². The van der Waals surface area contributed by atoms with Gasteiger partial charge in [-0.3, -0.25) is 19.3 Å². The van der Waals surface area contributed by atoms with Gasteiger partial charge in [-0.25, -0.2) is 0 Å². The molecule has 4 rings (SSSR count). The molecule has 1 aliphatic heterocycles. The number of hydrogen-bond acceptors (Lipinski definition) is 4.